The third-order valence-electron chi connectivity index (χ3n) is 18.4. The quantitative estimate of drug-likeness (QED) is 0.0377. The first-order valence-electron chi connectivity index (χ1n) is 33.6. The molecule has 4 N–H and O–H groups in total. The van der Waals surface area contributed by atoms with Crippen LogP contribution in [-0.2, 0) is 39.8 Å². The molecule has 0 aliphatic carbocycles. The van der Waals surface area contributed by atoms with Gasteiger partial charge in [0.1, 0.15) is 11.6 Å². The molecule has 8 aromatic heterocycles. The SMILES string of the molecule is CCCCCCCc1c2nc(c(-c3nccn3C)c3ccc([nH]3)c(CCCCCCC)c3nc(c(-c4c5nc(c(CCCCCCC)c6ccc([nH]6)c(-c6nccn6C)c6nc(c(CCCCCCC)c7ccc4[nH]7)C=C6)C=C5)c4ccc1[nH]4)C=C3)C=C2. The molecule has 0 saturated carbocycles. The molecule has 4 aliphatic rings. The van der Waals surface area contributed by atoms with Crippen LogP contribution in [0.5, 0.6) is 0 Å². The van der Waals surface area contributed by atoms with Crippen LogP contribution in [0.4, 0.5) is 0 Å². The van der Waals surface area contributed by atoms with E-state index in [9.17, 15) is 0 Å². The highest BCUT2D eigenvalue weighted by Gasteiger charge is 2.24. The maximum atomic E-state index is 5.84. The lowest BCUT2D eigenvalue weighted by atomic mass is 10.0. The van der Waals surface area contributed by atoms with Crippen LogP contribution in [0.2, 0.25) is 0 Å². The molecule has 0 fully saturated rings. The van der Waals surface area contributed by atoms with E-state index in [2.05, 4.69) is 168 Å². The highest BCUT2D eigenvalue weighted by molar-refractivity contribution is 6.02. The molecule has 0 saturated heterocycles. The Morgan fingerprint density at radius 1 is 0.284 bits per heavy atom. The molecule has 12 rings (SSSR count). The average molecular weight is 1170 g/mol. The predicted octanol–water partition coefficient (Wildman–Crippen LogP) is 20.1. The first-order chi connectivity index (χ1) is 43.3. The molecule has 88 heavy (non-hydrogen) atoms. The minimum absolute atomic E-state index is 0.870. The van der Waals surface area contributed by atoms with Crippen molar-refractivity contribution in [1.29, 1.82) is 0 Å². The van der Waals surface area contributed by atoms with Crippen molar-refractivity contribution in [3.05, 3.63) is 141 Å². The molecule has 4 aliphatic heterocycles. The Hall–Kier alpha value is -8.38. The van der Waals surface area contributed by atoms with Crippen LogP contribution in [0.1, 0.15) is 224 Å². The van der Waals surface area contributed by atoms with Crippen molar-refractivity contribution in [1.82, 2.24) is 59.0 Å². The van der Waals surface area contributed by atoms with Gasteiger partial charge in [-0.05, 0) is 149 Å². The van der Waals surface area contributed by atoms with Gasteiger partial charge >= 0.3 is 0 Å². The van der Waals surface area contributed by atoms with E-state index in [1.807, 2.05) is 24.8 Å². The fourth-order valence-electron chi connectivity index (χ4n) is 13.5. The van der Waals surface area contributed by atoms with E-state index in [-0.39, 0.29) is 0 Å². The number of imidazole rings is 2. The zero-order chi connectivity index (χ0) is 60.3. The van der Waals surface area contributed by atoms with Crippen molar-refractivity contribution in [2.24, 2.45) is 14.1 Å². The Kier molecular flexibility index (Phi) is 19.2. The third-order valence-corrected chi connectivity index (χ3v) is 18.4. The summed E-state index contributed by atoms with van der Waals surface area (Å²) in [6, 6.07) is 18.1. The summed E-state index contributed by atoms with van der Waals surface area (Å²) in [5.74, 6) is 1.74. The minimum atomic E-state index is 0.870. The van der Waals surface area contributed by atoms with Crippen molar-refractivity contribution in [2.75, 3.05) is 0 Å². The van der Waals surface area contributed by atoms with Crippen LogP contribution in [0.25, 0.3) is 127 Å². The number of hydrogen-bond donors (Lipinski definition) is 4. The number of aromatic amines is 4. The van der Waals surface area contributed by atoms with E-state index < -0.39 is 0 Å². The summed E-state index contributed by atoms with van der Waals surface area (Å²) in [6.45, 7) is 9.15. The molecule has 12 heteroatoms. The number of hydrogen-bond acceptors (Lipinski definition) is 6. The lowest BCUT2D eigenvalue weighted by molar-refractivity contribution is 0.632. The molecular weight excluding hydrogens is 1080 g/mol. The summed E-state index contributed by atoms with van der Waals surface area (Å²) in [5.41, 5.74) is 24.4. The van der Waals surface area contributed by atoms with Gasteiger partial charge in [-0.25, -0.2) is 29.9 Å². The molecule has 0 spiro atoms. The monoisotopic (exact) mass is 1170 g/mol. The second kappa shape index (κ2) is 28.2. The number of fused-ring (bicyclic) bond motifs is 16. The summed E-state index contributed by atoms with van der Waals surface area (Å²) in [4.78, 5) is 48.9. The van der Waals surface area contributed by atoms with Crippen molar-refractivity contribution < 1.29 is 0 Å². The van der Waals surface area contributed by atoms with Crippen molar-refractivity contribution in [2.45, 2.75) is 182 Å². The molecule has 16 bridgehead atoms. The topological polar surface area (TPSA) is 150 Å². The van der Waals surface area contributed by atoms with Gasteiger partial charge in [0.2, 0.25) is 0 Å². The van der Waals surface area contributed by atoms with Crippen molar-refractivity contribution in [3.8, 4) is 33.9 Å². The van der Waals surface area contributed by atoms with E-state index in [4.69, 9.17) is 29.9 Å². The standard InChI is InChI=1S/C76H90N12/c1-7-11-15-19-23-27-51-55-31-39-63(79-55)71(64-40-32-56(80-64)52(28-24-20-16-12-8-2)60-36-44-68(84-60)73(67-43-35-59(51)83-67)75-77-47-49-87(75)5)72-65-41-33-57(81-65)53(29-25-21-17-13-9-3)61-37-45-69(85-61)74(76-78-48-50-88(76)6)70-46-38-62(86-70)54(30-26-22-18-14-10-4)58-34-42-66(72)82-58/h31-50,79,81,84,86H,7-30H2,1-6H3. The Morgan fingerprint density at radius 3 is 0.784 bits per heavy atom. The molecule has 8 aromatic rings. The van der Waals surface area contributed by atoms with E-state index in [1.54, 1.807) is 0 Å². The first-order valence-corrected chi connectivity index (χ1v) is 33.6. The zero-order valence-electron chi connectivity index (χ0n) is 53.1. The van der Waals surface area contributed by atoms with Crippen LogP contribution in [-0.4, -0.2) is 59.0 Å². The second-order valence-corrected chi connectivity index (χ2v) is 24.8. The van der Waals surface area contributed by atoms with Gasteiger partial charge in [0.15, 0.2) is 0 Å². The van der Waals surface area contributed by atoms with Gasteiger partial charge in [-0.2, -0.15) is 0 Å². The molecule has 12 nitrogen and oxygen atoms in total. The number of H-pyrrole nitrogens is 4. The predicted molar refractivity (Wildman–Crippen MR) is 371 cm³/mol. The lowest BCUT2D eigenvalue weighted by Gasteiger charge is -2.08. The van der Waals surface area contributed by atoms with Crippen molar-refractivity contribution >= 4 is 92.7 Å². The van der Waals surface area contributed by atoms with Gasteiger partial charge < -0.3 is 29.1 Å². The normalized spacial score (nSPS) is 12.7. The number of nitrogens with zero attached hydrogens (tertiary/aromatic N) is 8. The van der Waals surface area contributed by atoms with Crippen molar-refractivity contribution in [3.63, 3.8) is 0 Å². The van der Waals surface area contributed by atoms with Crippen LogP contribution in [0.3, 0.4) is 0 Å². The maximum Gasteiger partial charge on any atom is 0.143 e. The molecule has 0 radical (unpaired) electrons. The van der Waals surface area contributed by atoms with E-state index in [0.717, 1.165) is 201 Å². The van der Waals surface area contributed by atoms with Gasteiger partial charge in [0.25, 0.3) is 0 Å². The Morgan fingerprint density at radius 2 is 0.523 bits per heavy atom. The molecule has 0 atom stereocenters. The fraction of sp³-hybridized carbons (Fsp3) is 0.395. The molecule has 12 heterocycles. The Labute approximate surface area is 520 Å². The summed E-state index contributed by atoms with van der Waals surface area (Å²) in [7, 11) is 4.14. The smallest absolute Gasteiger partial charge is 0.143 e. The van der Waals surface area contributed by atoms with Gasteiger partial charge in [0.05, 0.1) is 67.7 Å². The fourth-order valence-corrected chi connectivity index (χ4v) is 13.5. The molecular formula is C76H90N12. The highest BCUT2D eigenvalue weighted by Crippen LogP contribution is 2.40. The minimum Gasteiger partial charge on any atom is -0.355 e. The van der Waals surface area contributed by atoms with Gasteiger partial charge in [-0.3, -0.25) is 0 Å². The number of unbranched alkanes of at least 4 members (excludes halogenated alkanes) is 16. The van der Waals surface area contributed by atoms with Gasteiger partial charge in [-0.1, -0.05) is 130 Å². The summed E-state index contributed by atoms with van der Waals surface area (Å²) in [6.07, 6.45) is 52.7. The van der Waals surface area contributed by atoms with E-state index >= 15 is 0 Å². The number of rotatable bonds is 27. The van der Waals surface area contributed by atoms with Gasteiger partial charge in [0, 0.05) is 105 Å². The largest absolute Gasteiger partial charge is 0.355 e. The van der Waals surface area contributed by atoms with Gasteiger partial charge in [-0.15, -0.1) is 0 Å². The van der Waals surface area contributed by atoms with Crippen LogP contribution in [0, 0.1) is 0 Å². The zero-order valence-corrected chi connectivity index (χ0v) is 53.1. The average Bonchev–Trinajstić information content (AvgIpc) is 2.44. The van der Waals surface area contributed by atoms with E-state index in [0.29, 0.717) is 0 Å². The summed E-state index contributed by atoms with van der Waals surface area (Å²) in [5, 5.41) is 0. The first kappa shape index (κ1) is 59.9. The van der Waals surface area contributed by atoms with Crippen LogP contribution >= 0.6 is 0 Å². The van der Waals surface area contributed by atoms with Crippen LogP contribution < -0.4 is 0 Å². The summed E-state index contributed by atoms with van der Waals surface area (Å²) < 4.78 is 4.21. The Bertz CT molecular complexity index is 3970. The highest BCUT2D eigenvalue weighted by atomic mass is 15.0. The Balaban J connectivity index is 1.18. The number of aryl methyl sites for hydroxylation is 6. The lowest BCUT2D eigenvalue weighted by Crippen LogP contribution is -1.97. The molecule has 0 unspecified atom stereocenters. The second-order valence-electron chi connectivity index (χ2n) is 24.8. The maximum absolute atomic E-state index is 5.84. The summed E-state index contributed by atoms with van der Waals surface area (Å²) >= 11 is 0. The number of aromatic nitrogens is 12. The van der Waals surface area contributed by atoms with E-state index in [1.165, 1.54) is 99.3 Å². The molecule has 454 valence electrons. The third kappa shape index (κ3) is 12.9. The molecule has 0 amide bonds. The van der Waals surface area contributed by atoms with Crippen LogP contribution in [0.15, 0.2) is 73.3 Å². The molecule has 0 aromatic carbocycles. The number of nitrogens with one attached hydrogen (secondary N) is 4.